The Balaban J connectivity index is 2.09. The molecule has 0 aromatic heterocycles. The van der Waals surface area contributed by atoms with E-state index in [0.717, 1.165) is 16.0 Å². The van der Waals surface area contributed by atoms with Crippen LogP contribution in [-0.2, 0) is 9.59 Å². The highest BCUT2D eigenvalue weighted by molar-refractivity contribution is 6.24. The second-order valence-electron chi connectivity index (χ2n) is 7.25. The largest absolute Gasteiger partial charge is 0.295 e. The van der Waals surface area contributed by atoms with Gasteiger partial charge < -0.3 is 0 Å². The summed E-state index contributed by atoms with van der Waals surface area (Å²) in [5, 5.41) is 2.22. The Labute approximate surface area is 146 Å². The summed E-state index contributed by atoms with van der Waals surface area (Å²) in [4.78, 5) is 50.4. The van der Waals surface area contributed by atoms with Crippen LogP contribution in [0.3, 0.4) is 0 Å². The SMILES string of the molecule is CC(C)c1ccc2c(c1C(C)C)C(=O)N(C1CCC(=O)NC1=O)C2=O. The zero-order valence-corrected chi connectivity index (χ0v) is 14.9. The number of fused-ring (bicyclic) bond motifs is 1. The van der Waals surface area contributed by atoms with E-state index >= 15 is 0 Å². The minimum absolute atomic E-state index is 0.0748. The number of carbonyl (C=O) groups excluding carboxylic acids is 4. The minimum Gasteiger partial charge on any atom is -0.295 e. The molecule has 1 atom stereocenters. The summed E-state index contributed by atoms with van der Waals surface area (Å²) in [6.45, 7) is 8.08. The standard InChI is InChI=1S/C19H22N2O4/c1-9(2)11-5-6-12-16(15(11)10(3)4)19(25)21(18(12)24)13-7-8-14(22)20-17(13)23/h5-6,9-10,13H,7-8H2,1-4H3,(H,20,22,23). The summed E-state index contributed by atoms with van der Waals surface area (Å²) in [5.41, 5.74) is 2.68. The molecule has 1 unspecified atom stereocenters. The molecule has 1 saturated heterocycles. The van der Waals surface area contributed by atoms with Crippen molar-refractivity contribution in [3.63, 3.8) is 0 Å². The van der Waals surface area contributed by atoms with Crippen molar-refractivity contribution < 1.29 is 19.2 Å². The van der Waals surface area contributed by atoms with E-state index < -0.39 is 23.8 Å². The fourth-order valence-electron chi connectivity index (χ4n) is 3.72. The second kappa shape index (κ2) is 6.10. The highest BCUT2D eigenvalue weighted by Crippen LogP contribution is 2.37. The molecule has 1 aromatic rings. The maximum atomic E-state index is 13.1. The van der Waals surface area contributed by atoms with Gasteiger partial charge in [-0.25, -0.2) is 0 Å². The molecule has 1 fully saturated rings. The average Bonchev–Trinajstić information content (AvgIpc) is 2.78. The van der Waals surface area contributed by atoms with Crippen molar-refractivity contribution >= 4 is 23.6 Å². The van der Waals surface area contributed by atoms with Crippen molar-refractivity contribution in [2.24, 2.45) is 0 Å². The van der Waals surface area contributed by atoms with Crippen molar-refractivity contribution in [3.8, 4) is 0 Å². The lowest BCUT2D eigenvalue weighted by molar-refractivity contribution is -0.136. The van der Waals surface area contributed by atoms with Crippen LogP contribution in [0.2, 0.25) is 0 Å². The first-order valence-electron chi connectivity index (χ1n) is 8.62. The molecule has 0 radical (unpaired) electrons. The molecule has 1 aromatic carbocycles. The summed E-state index contributed by atoms with van der Waals surface area (Å²) in [7, 11) is 0. The first-order valence-corrected chi connectivity index (χ1v) is 8.62. The topological polar surface area (TPSA) is 83.6 Å². The van der Waals surface area contributed by atoms with E-state index in [1.165, 1.54) is 0 Å². The van der Waals surface area contributed by atoms with Crippen LogP contribution in [0.1, 0.15) is 84.2 Å². The van der Waals surface area contributed by atoms with Crippen molar-refractivity contribution in [1.29, 1.82) is 0 Å². The van der Waals surface area contributed by atoms with E-state index in [4.69, 9.17) is 0 Å². The summed E-state index contributed by atoms with van der Waals surface area (Å²) >= 11 is 0. The van der Waals surface area contributed by atoms with Crippen LogP contribution >= 0.6 is 0 Å². The van der Waals surface area contributed by atoms with Crippen LogP contribution in [-0.4, -0.2) is 34.6 Å². The first kappa shape index (κ1) is 17.3. The van der Waals surface area contributed by atoms with E-state index in [9.17, 15) is 19.2 Å². The van der Waals surface area contributed by atoms with E-state index in [1.807, 2.05) is 33.8 Å². The van der Waals surface area contributed by atoms with Gasteiger partial charge in [0.05, 0.1) is 11.1 Å². The number of benzene rings is 1. The molecule has 0 bridgehead atoms. The highest BCUT2D eigenvalue weighted by atomic mass is 16.2. The third-order valence-electron chi connectivity index (χ3n) is 4.88. The lowest BCUT2D eigenvalue weighted by atomic mass is 9.85. The zero-order chi connectivity index (χ0) is 18.5. The number of rotatable bonds is 3. The lowest BCUT2D eigenvalue weighted by Gasteiger charge is -2.28. The van der Waals surface area contributed by atoms with Gasteiger partial charge in [-0.15, -0.1) is 0 Å². The van der Waals surface area contributed by atoms with Crippen molar-refractivity contribution in [3.05, 3.63) is 34.4 Å². The maximum absolute atomic E-state index is 13.1. The Kier molecular flexibility index (Phi) is 4.22. The zero-order valence-electron chi connectivity index (χ0n) is 14.9. The molecule has 1 N–H and O–H groups in total. The van der Waals surface area contributed by atoms with E-state index in [2.05, 4.69) is 5.32 Å². The van der Waals surface area contributed by atoms with Gasteiger partial charge in [0.2, 0.25) is 11.8 Å². The van der Waals surface area contributed by atoms with Crippen LogP contribution in [0, 0.1) is 0 Å². The van der Waals surface area contributed by atoms with Gasteiger partial charge in [-0.1, -0.05) is 33.8 Å². The van der Waals surface area contributed by atoms with Gasteiger partial charge in [0.1, 0.15) is 6.04 Å². The monoisotopic (exact) mass is 342 g/mol. The van der Waals surface area contributed by atoms with Gasteiger partial charge in [-0.2, -0.15) is 0 Å². The summed E-state index contributed by atoms with van der Waals surface area (Å²) in [6, 6.07) is 2.66. The van der Waals surface area contributed by atoms with Gasteiger partial charge in [0, 0.05) is 6.42 Å². The van der Waals surface area contributed by atoms with E-state index in [1.54, 1.807) is 6.07 Å². The number of imide groups is 2. The molecule has 0 saturated carbocycles. The average molecular weight is 342 g/mol. The lowest BCUT2D eigenvalue weighted by Crippen LogP contribution is -2.54. The summed E-state index contributed by atoms with van der Waals surface area (Å²) in [6.07, 6.45) is 0.294. The van der Waals surface area contributed by atoms with Crippen LogP contribution in [0.5, 0.6) is 0 Å². The predicted molar refractivity (Wildman–Crippen MR) is 91.3 cm³/mol. The number of nitrogens with one attached hydrogen (secondary N) is 1. The minimum atomic E-state index is -0.924. The maximum Gasteiger partial charge on any atom is 0.262 e. The normalized spacial score (nSPS) is 20.6. The fourth-order valence-corrected chi connectivity index (χ4v) is 3.72. The summed E-state index contributed by atoms with van der Waals surface area (Å²) < 4.78 is 0. The fraction of sp³-hybridized carbons (Fsp3) is 0.474. The highest BCUT2D eigenvalue weighted by Gasteiger charge is 2.46. The Morgan fingerprint density at radius 2 is 1.68 bits per heavy atom. The summed E-state index contributed by atoms with van der Waals surface area (Å²) in [5.74, 6) is -1.54. The first-order chi connectivity index (χ1) is 11.7. The molecule has 0 spiro atoms. The quantitative estimate of drug-likeness (QED) is 0.855. The number of hydrogen-bond donors (Lipinski definition) is 1. The molecule has 2 heterocycles. The third-order valence-corrected chi connectivity index (χ3v) is 4.88. The Bertz CT molecular complexity index is 795. The molecule has 2 aliphatic heterocycles. The number of hydrogen-bond acceptors (Lipinski definition) is 4. The Morgan fingerprint density at radius 1 is 1.00 bits per heavy atom. The van der Waals surface area contributed by atoms with Gasteiger partial charge in [-0.3, -0.25) is 29.4 Å². The number of carbonyl (C=O) groups is 4. The molecule has 0 aliphatic carbocycles. The van der Waals surface area contributed by atoms with Crippen molar-refractivity contribution in [2.75, 3.05) is 0 Å². The predicted octanol–water partition coefficient (Wildman–Crippen LogP) is 2.33. The van der Waals surface area contributed by atoms with E-state index in [0.29, 0.717) is 11.1 Å². The van der Waals surface area contributed by atoms with Gasteiger partial charge >= 0.3 is 0 Å². The van der Waals surface area contributed by atoms with Crippen LogP contribution in [0.15, 0.2) is 12.1 Å². The smallest absolute Gasteiger partial charge is 0.262 e. The number of piperidine rings is 1. The molecule has 4 amide bonds. The molecular weight excluding hydrogens is 320 g/mol. The third kappa shape index (κ3) is 2.65. The van der Waals surface area contributed by atoms with Crippen LogP contribution in [0.25, 0.3) is 0 Å². The number of amides is 4. The van der Waals surface area contributed by atoms with Gasteiger partial charge in [0.15, 0.2) is 0 Å². The van der Waals surface area contributed by atoms with Gasteiger partial charge in [-0.05, 0) is 35.4 Å². The van der Waals surface area contributed by atoms with Crippen molar-refractivity contribution in [2.45, 2.75) is 58.4 Å². The van der Waals surface area contributed by atoms with Crippen LogP contribution < -0.4 is 5.32 Å². The molecular formula is C19H22N2O4. The molecule has 132 valence electrons. The molecule has 6 nitrogen and oxygen atoms in total. The van der Waals surface area contributed by atoms with Crippen molar-refractivity contribution in [1.82, 2.24) is 10.2 Å². The second-order valence-corrected chi connectivity index (χ2v) is 7.25. The van der Waals surface area contributed by atoms with E-state index in [-0.39, 0.29) is 30.6 Å². The number of nitrogens with zero attached hydrogens (tertiary/aromatic N) is 1. The molecule has 2 aliphatic rings. The molecule has 6 heteroatoms. The Morgan fingerprint density at radius 3 is 2.24 bits per heavy atom. The van der Waals surface area contributed by atoms with Gasteiger partial charge in [0.25, 0.3) is 11.8 Å². The molecule has 25 heavy (non-hydrogen) atoms. The molecule has 3 rings (SSSR count). The Hall–Kier alpha value is -2.50. The van der Waals surface area contributed by atoms with Crippen LogP contribution in [0.4, 0.5) is 0 Å².